The molecular weight excluding hydrogens is 238 g/mol. The largest absolute Gasteiger partial charge is 0.419 e. The van der Waals surface area contributed by atoms with Gasteiger partial charge in [0.15, 0.2) is 0 Å². The van der Waals surface area contributed by atoms with Crippen LogP contribution in [0, 0.1) is 0 Å². The normalized spacial score (nSPS) is 11.7. The van der Waals surface area contributed by atoms with Gasteiger partial charge < -0.3 is 4.42 Å². The molecule has 4 nitrogen and oxygen atoms in total. The van der Waals surface area contributed by atoms with Crippen molar-refractivity contribution in [2.45, 2.75) is 46.3 Å². The lowest BCUT2D eigenvalue weighted by molar-refractivity contribution is 0.150. The van der Waals surface area contributed by atoms with E-state index < -0.39 is 0 Å². The van der Waals surface area contributed by atoms with Gasteiger partial charge in [-0.05, 0) is 39.8 Å². The van der Waals surface area contributed by atoms with Crippen LogP contribution in [0.4, 0.5) is 0 Å². The van der Waals surface area contributed by atoms with E-state index in [9.17, 15) is 0 Å². The van der Waals surface area contributed by atoms with Crippen molar-refractivity contribution in [3.05, 3.63) is 36.2 Å². The average molecular weight is 259 g/mol. The van der Waals surface area contributed by atoms with Crippen LogP contribution in [0.25, 0.3) is 11.5 Å². The lowest BCUT2D eigenvalue weighted by atomic mass is 10.2. The Hall–Kier alpha value is -1.68. The van der Waals surface area contributed by atoms with E-state index in [1.54, 1.807) is 0 Å². The van der Waals surface area contributed by atoms with Crippen LogP contribution >= 0.6 is 0 Å². The molecule has 0 saturated heterocycles. The second kappa shape index (κ2) is 5.97. The van der Waals surface area contributed by atoms with Crippen molar-refractivity contribution >= 4 is 0 Å². The predicted molar refractivity (Wildman–Crippen MR) is 75.5 cm³/mol. The second-order valence-corrected chi connectivity index (χ2v) is 5.23. The fourth-order valence-electron chi connectivity index (χ4n) is 2.13. The molecule has 2 aromatic rings. The summed E-state index contributed by atoms with van der Waals surface area (Å²) in [7, 11) is 0. The molecule has 102 valence electrons. The number of benzene rings is 1. The Balaban J connectivity index is 2.13. The second-order valence-electron chi connectivity index (χ2n) is 5.23. The van der Waals surface area contributed by atoms with Crippen molar-refractivity contribution in [1.82, 2.24) is 15.1 Å². The first kappa shape index (κ1) is 13.7. The summed E-state index contributed by atoms with van der Waals surface area (Å²) in [4.78, 5) is 2.32. The van der Waals surface area contributed by atoms with Gasteiger partial charge in [0.05, 0.1) is 6.54 Å². The molecule has 0 N–H and O–H groups in total. The minimum absolute atomic E-state index is 0.451. The highest BCUT2D eigenvalue weighted by molar-refractivity contribution is 5.51. The first-order valence-electron chi connectivity index (χ1n) is 6.71. The van der Waals surface area contributed by atoms with Gasteiger partial charge in [0.2, 0.25) is 11.8 Å². The molecule has 1 heterocycles. The van der Waals surface area contributed by atoms with Crippen molar-refractivity contribution < 1.29 is 4.42 Å². The Labute approximate surface area is 114 Å². The van der Waals surface area contributed by atoms with Crippen LogP contribution < -0.4 is 0 Å². The molecule has 0 bridgehead atoms. The predicted octanol–water partition coefficient (Wildman–Crippen LogP) is 3.36. The first-order valence-corrected chi connectivity index (χ1v) is 6.71. The monoisotopic (exact) mass is 259 g/mol. The van der Waals surface area contributed by atoms with Crippen LogP contribution in [0.3, 0.4) is 0 Å². The summed E-state index contributed by atoms with van der Waals surface area (Å²) in [5.74, 6) is 1.25. The highest BCUT2D eigenvalue weighted by atomic mass is 16.4. The minimum Gasteiger partial charge on any atom is -0.419 e. The van der Waals surface area contributed by atoms with Gasteiger partial charge in [-0.1, -0.05) is 18.2 Å². The summed E-state index contributed by atoms with van der Waals surface area (Å²) in [5, 5.41) is 8.25. The Morgan fingerprint density at radius 3 is 2.21 bits per heavy atom. The van der Waals surface area contributed by atoms with E-state index in [-0.39, 0.29) is 0 Å². The molecular formula is C15H21N3O. The molecule has 1 aromatic heterocycles. The molecule has 0 saturated carbocycles. The van der Waals surface area contributed by atoms with Gasteiger partial charge in [-0.3, -0.25) is 4.90 Å². The van der Waals surface area contributed by atoms with Crippen LogP contribution in [0.2, 0.25) is 0 Å². The third-order valence-electron chi connectivity index (χ3n) is 3.13. The standard InChI is InChI=1S/C15H21N3O/c1-11(2)18(12(3)4)10-14-16-17-15(19-14)13-8-6-5-7-9-13/h5-9,11-12H,10H2,1-4H3. The van der Waals surface area contributed by atoms with E-state index in [1.807, 2.05) is 30.3 Å². The zero-order valence-electron chi connectivity index (χ0n) is 12.0. The van der Waals surface area contributed by atoms with Crippen LogP contribution in [0.5, 0.6) is 0 Å². The zero-order valence-corrected chi connectivity index (χ0v) is 12.0. The van der Waals surface area contributed by atoms with Crippen LogP contribution in [-0.2, 0) is 6.54 Å². The molecule has 19 heavy (non-hydrogen) atoms. The van der Waals surface area contributed by atoms with Crippen molar-refractivity contribution in [3.63, 3.8) is 0 Å². The Morgan fingerprint density at radius 2 is 1.63 bits per heavy atom. The summed E-state index contributed by atoms with van der Waals surface area (Å²) in [6.07, 6.45) is 0. The molecule has 4 heteroatoms. The number of nitrogens with zero attached hydrogens (tertiary/aromatic N) is 3. The molecule has 0 aliphatic carbocycles. The average Bonchev–Trinajstić information content (AvgIpc) is 2.85. The van der Waals surface area contributed by atoms with Gasteiger partial charge >= 0.3 is 0 Å². The number of rotatable bonds is 5. The summed E-state index contributed by atoms with van der Waals surface area (Å²) in [6.45, 7) is 9.39. The van der Waals surface area contributed by atoms with Gasteiger partial charge in [-0.2, -0.15) is 0 Å². The SMILES string of the molecule is CC(C)N(Cc1nnc(-c2ccccc2)o1)C(C)C. The van der Waals surface area contributed by atoms with E-state index in [4.69, 9.17) is 4.42 Å². The first-order chi connectivity index (χ1) is 9.08. The molecule has 1 aromatic carbocycles. The van der Waals surface area contributed by atoms with Gasteiger partial charge in [0, 0.05) is 17.6 Å². The van der Waals surface area contributed by atoms with Crippen molar-refractivity contribution in [1.29, 1.82) is 0 Å². The smallest absolute Gasteiger partial charge is 0.247 e. The summed E-state index contributed by atoms with van der Waals surface area (Å²) >= 11 is 0. The molecule has 0 aliphatic heterocycles. The summed E-state index contributed by atoms with van der Waals surface area (Å²) in [6, 6.07) is 10.8. The molecule has 0 radical (unpaired) electrons. The molecule has 0 aliphatic rings. The molecule has 0 fully saturated rings. The fourth-order valence-corrected chi connectivity index (χ4v) is 2.13. The summed E-state index contributed by atoms with van der Waals surface area (Å²) < 4.78 is 5.74. The van der Waals surface area contributed by atoms with Gasteiger partial charge in [-0.25, -0.2) is 0 Å². The van der Waals surface area contributed by atoms with Gasteiger partial charge in [0.25, 0.3) is 0 Å². The summed E-state index contributed by atoms with van der Waals surface area (Å²) in [5.41, 5.74) is 0.960. The van der Waals surface area contributed by atoms with E-state index in [2.05, 4.69) is 42.8 Å². The third-order valence-corrected chi connectivity index (χ3v) is 3.13. The lowest BCUT2D eigenvalue weighted by Crippen LogP contribution is -2.36. The number of aromatic nitrogens is 2. The molecule has 0 amide bonds. The van der Waals surface area contributed by atoms with E-state index in [1.165, 1.54) is 0 Å². The highest BCUT2D eigenvalue weighted by Crippen LogP contribution is 2.18. The third kappa shape index (κ3) is 3.41. The lowest BCUT2D eigenvalue weighted by Gasteiger charge is -2.28. The maximum Gasteiger partial charge on any atom is 0.247 e. The van der Waals surface area contributed by atoms with Crippen molar-refractivity contribution in [2.75, 3.05) is 0 Å². The topological polar surface area (TPSA) is 42.2 Å². The van der Waals surface area contributed by atoms with Gasteiger partial charge in [0.1, 0.15) is 0 Å². The number of hydrogen-bond donors (Lipinski definition) is 0. The van der Waals surface area contributed by atoms with E-state index >= 15 is 0 Å². The van der Waals surface area contributed by atoms with Crippen LogP contribution in [0.15, 0.2) is 34.7 Å². The Kier molecular flexibility index (Phi) is 4.32. The van der Waals surface area contributed by atoms with E-state index in [0.29, 0.717) is 30.4 Å². The minimum atomic E-state index is 0.451. The number of hydrogen-bond acceptors (Lipinski definition) is 4. The zero-order chi connectivity index (χ0) is 13.8. The maximum absolute atomic E-state index is 5.74. The van der Waals surface area contributed by atoms with Crippen molar-refractivity contribution in [3.8, 4) is 11.5 Å². The molecule has 0 unspecified atom stereocenters. The van der Waals surface area contributed by atoms with E-state index in [0.717, 1.165) is 5.56 Å². The Morgan fingerprint density at radius 1 is 1.00 bits per heavy atom. The van der Waals surface area contributed by atoms with Crippen LogP contribution in [0.1, 0.15) is 33.6 Å². The Bertz CT molecular complexity index is 497. The maximum atomic E-state index is 5.74. The molecule has 0 atom stereocenters. The van der Waals surface area contributed by atoms with Gasteiger partial charge in [-0.15, -0.1) is 10.2 Å². The quantitative estimate of drug-likeness (QED) is 0.825. The molecule has 2 rings (SSSR count). The van der Waals surface area contributed by atoms with Crippen molar-refractivity contribution in [2.24, 2.45) is 0 Å². The molecule has 0 spiro atoms. The fraction of sp³-hybridized carbons (Fsp3) is 0.467. The van der Waals surface area contributed by atoms with Crippen LogP contribution in [-0.4, -0.2) is 27.2 Å². The highest BCUT2D eigenvalue weighted by Gasteiger charge is 2.17.